The molecule has 0 bridgehead atoms. The Hall–Kier alpha value is -2.40. The Kier molecular flexibility index (Phi) is 6.75. The Bertz CT molecular complexity index is 728. The highest BCUT2D eigenvalue weighted by Crippen LogP contribution is 2.28. The average Bonchev–Trinajstić information content (AvgIpc) is 2.61. The molecule has 0 spiro atoms. The zero-order valence-electron chi connectivity index (χ0n) is 14.0. The van der Waals surface area contributed by atoms with Gasteiger partial charge in [0, 0.05) is 16.7 Å². The van der Waals surface area contributed by atoms with Crippen LogP contribution in [-0.2, 0) is 4.79 Å². The van der Waals surface area contributed by atoms with Crippen LogP contribution in [0.5, 0.6) is 11.5 Å². The summed E-state index contributed by atoms with van der Waals surface area (Å²) < 4.78 is 10.8. The van der Waals surface area contributed by atoms with Gasteiger partial charge in [0.2, 0.25) is 5.91 Å². The van der Waals surface area contributed by atoms with Crippen LogP contribution >= 0.6 is 11.8 Å². The minimum atomic E-state index is -0.180. The summed E-state index contributed by atoms with van der Waals surface area (Å²) in [6.45, 7) is 2.49. The molecule has 0 aliphatic carbocycles. The molecule has 0 radical (unpaired) electrons. The fourth-order valence-corrected chi connectivity index (χ4v) is 2.58. The summed E-state index contributed by atoms with van der Waals surface area (Å²) in [7, 11) is 1.59. The summed E-state index contributed by atoms with van der Waals surface area (Å²) in [5, 5.41) is 2.85. The van der Waals surface area contributed by atoms with Crippen LogP contribution in [0, 0.1) is 0 Å². The first kappa shape index (κ1) is 17.9. The Labute approximate surface area is 146 Å². The van der Waals surface area contributed by atoms with Gasteiger partial charge in [-0.15, -0.1) is 11.8 Å². The van der Waals surface area contributed by atoms with Gasteiger partial charge in [0.1, 0.15) is 0 Å². The fraction of sp³-hybridized carbons (Fsp3) is 0.211. The van der Waals surface area contributed by atoms with Gasteiger partial charge in [0.15, 0.2) is 11.5 Å². The minimum Gasteiger partial charge on any atom is -0.493 e. The number of methoxy groups -OCH3 is 1. The zero-order chi connectivity index (χ0) is 17.4. The number of ether oxygens (including phenoxy) is 2. The smallest absolute Gasteiger partial charge is 0.248 e. The van der Waals surface area contributed by atoms with Gasteiger partial charge in [-0.05, 0) is 55.2 Å². The van der Waals surface area contributed by atoms with Crippen molar-refractivity contribution < 1.29 is 14.3 Å². The highest BCUT2D eigenvalue weighted by molar-refractivity contribution is 7.98. The Morgan fingerprint density at radius 3 is 2.75 bits per heavy atom. The SMILES string of the molecule is CCOc1ccc(/C=C/C(=O)Nc2cccc(SC)c2)cc1OC. The molecular weight excluding hydrogens is 322 g/mol. The maximum Gasteiger partial charge on any atom is 0.248 e. The van der Waals surface area contributed by atoms with Crippen molar-refractivity contribution in [1.82, 2.24) is 0 Å². The summed E-state index contributed by atoms with van der Waals surface area (Å²) in [4.78, 5) is 13.2. The number of thioether (sulfide) groups is 1. The molecule has 4 nitrogen and oxygen atoms in total. The number of amides is 1. The van der Waals surface area contributed by atoms with E-state index in [2.05, 4.69) is 5.32 Å². The molecule has 0 saturated heterocycles. The molecule has 2 rings (SSSR count). The molecule has 1 amide bonds. The third-order valence-corrected chi connectivity index (χ3v) is 3.98. The molecular formula is C19H21NO3S. The van der Waals surface area contributed by atoms with Crippen molar-refractivity contribution in [3.63, 3.8) is 0 Å². The largest absolute Gasteiger partial charge is 0.493 e. The second-order valence-electron chi connectivity index (χ2n) is 4.90. The number of carbonyl (C=O) groups is 1. The zero-order valence-corrected chi connectivity index (χ0v) is 14.9. The first-order chi connectivity index (χ1) is 11.7. The first-order valence-electron chi connectivity index (χ1n) is 7.60. The van der Waals surface area contributed by atoms with E-state index in [1.165, 1.54) is 6.08 Å². The van der Waals surface area contributed by atoms with Gasteiger partial charge in [0.05, 0.1) is 13.7 Å². The topological polar surface area (TPSA) is 47.6 Å². The van der Waals surface area contributed by atoms with Crippen LogP contribution < -0.4 is 14.8 Å². The van der Waals surface area contributed by atoms with Crippen molar-refractivity contribution in [2.75, 3.05) is 25.3 Å². The molecule has 0 saturated carbocycles. The molecule has 0 atom stereocenters. The number of nitrogens with one attached hydrogen (secondary N) is 1. The van der Waals surface area contributed by atoms with E-state index in [1.807, 2.05) is 55.6 Å². The lowest BCUT2D eigenvalue weighted by molar-refractivity contribution is -0.111. The van der Waals surface area contributed by atoms with Gasteiger partial charge in [-0.2, -0.15) is 0 Å². The Morgan fingerprint density at radius 1 is 1.21 bits per heavy atom. The molecule has 1 N–H and O–H groups in total. The minimum absolute atomic E-state index is 0.180. The van der Waals surface area contributed by atoms with Crippen molar-refractivity contribution in [2.24, 2.45) is 0 Å². The molecule has 0 aromatic heterocycles. The first-order valence-corrected chi connectivity index (χ1v) is 8.82. The molecule has 5 heteroatoms. The van der Waals surface area contributed by atoms with Gasteiger partial charge in [0.25, 0.3) is 0 Å². The summed E-state index contributed by atoms with van der Waals surface area (Å²) in [5.41, 5.74) is 1.64. The van der Waals surface area contributed by atoms with Crippen molar-refractivity contribution in [1.29, 1.82) is 0 Å². The summed E-state index contributed by atoms with van der Waals surface area (Å²) in [5.74, 6) is 1.16. The van der Waals surface area contributed by atoms with E-state index in [9.17, 15) is 4.79 Å². The van der Waals surface area contributed by atoms with Gasteiger partial charge < -0.3 is 14.8 Å². The number of hydrogen-bond acceptors (Lipinski definition) is 4. The fourth-order valence-electron chi connectivity index (χ4n) is 2.12. The number of benzene rings is 2. The van der Waals surface area contributed by atoms with Crippen molar-refractivity contribution >= 4 is 29.4 Å². The molecule has 0 fully saturated rings. The number of carbonyl (C=O) groups excluding carboxylic acids is 1. The Morgan fingerprint density at radius 2 is 2.04 bits per heavy atom. The molecule has 24 heavy (non-hydrogen) atoms. The highest BCUT2D eigenvalue weighted by atomic mass is 32.2. The molecule has 0 aliphatic heterocycles. The van der Waals surface area contributed by atoms with E-state index in [0.29, 0.717) is 18.1 Å². The summed E-state index contributed by atoms with van der Waals surface area (Å²) >= 11 is 1.63. The van der Waals surface area contributed by atoms with Crippen LogP contribution in [0.4, 0.5) is 5.69 Å². The normalized spacial score (nSPS) is 10.6. The lowest BCUT2D eigenvalue weighted by Crippen LogP contribution is -2.07. The quantitative estimate of drug-likeness (QED) is 0.595. The maximum atomic E-state index is 12.0. The molecule has 0 aliphatic rings. The second kappa shape index (κ2) is 9.03. The standard InChI is InChI=1S/C19H21NO3S/c1-4-23-17-10-8-14(12-18(17)22-2)9-11-19(21)20-15-6-5-7-16(13-15)24-3/h5-13H,4H2,1-3H3,(H,20,21)/b11-9+. The predicted octanol–water partition coefficient (Wildman–Crippen LogP) is 4.47. The van der Waals surface area contributed by atoms with Crippen LogP contribution in [0.2, 0.25) is 0 Å². The number of rotatable bonds is 7. The van der Waals surface area contributed by atoms with E-state index in [1.54, 1.807) is 24.9 Å². The molecule has 2 aromatic carbocycles. The van der Waals surface area contributed by atoms with E-state index in [-0.39, 0.29) is 5.91 Å². The number of hydrogen-bond donors (Lipinski definition) is 1. The Balaban J connectivity index is 2.05. The molecule has 126 valence electrons. The van der Waals surface area contributed by atoms with Crippen LogP contribution in [0.3, 0.4) is 0 Å². The summed E-state index contributed by atoms with van der Waals surface area (Å²) in [6, 6.07) is 13.3. The van der Waals surface area contributed by atoms with Crippen LogP contribution in [0.1, 0.15) is 12.5 Å². The molecule has 2 aromatic rings. The van der Waals surface area contributed by atoms with Gasteiger partial charge in [-0.1, -0.05) is 12.1 Å². The van der Waals surface area contributed by atoms with Crippen molar-refractivity contribution in [2.45, 2.75) is 11.8 Å². The highest BCUT2D eigenvalue weighted by Gasteiger charge is 2.04. The van der Waals surface area contributed by atoms with Crippen LogP contribution in [0.15, 0.2) is 53.4 Å². The lowest BCUT2D eigenvalue weighted by atomic mass is 10.2. The van der Waals surface area contributed by atoms with E-state index < -0.39 is 0 Å². The second-order valence-corrected chi connectivity index (χ2v) is 5.78. The number of anilines is 1. The van der Waals surface area contributed by atoms with Gasteiger partial charge in [-0.25, -0.2) is 0 Å². The third kappa shape index (κ3) is 5.06. The maximum absolute atomic E-state index is 12.0. The van der Waals surface area contributed by atoms with Crippen molar-refractivity contribution in [3.8, 4) is 11.5 Å². The van der Waals surface area contributed by atoms with Crippen molar-refractivity contribution in [3.05, 3.63) is 54.1 Å². The average molecular weight is 343 g/mol. The van der Waals surface area contributed by atoms with E-state index in [0.717, 1.165) is 16.1 Å². The van der Waals surface area contributed by atoms with Crippen LogP contribution in [0.25, 0.3) is 6.08 Å². The monoisotopic (exact) mass is 343 g/mol. The third-order valence-electron chi connectivity index (χ3n) is 3.25. The van der Waals surface area contributed by atoms with Gasteiger partial charge in [-0.3, -0.25) is 4.79 Å². The molecule has 0 heterocycles. The predicted molar refractivity (Wildman–Crippen MR) is 100 cm³/mol. The summed E-state index contributed by atoms with van der Waals surface area (Å²) in [6.07, 6.45) is 5.24. The van der Waals surface area contributed by atoms with E-state index in [4.69, 9.17) is 9.47 Å². The molecule has 0 unspecified atom stereocenters. The van der Waals surface area contributed by atoms with E-state index >= 15 is 0 Å². The lowest BCUT2D eigenvalue weighted by Gasteiger charge is -2.09. The van der Waals surface area contributed by atoms with Crippen LogP contribution in [-0.4, -0.2) is 25.9 Å². The van der Waals surface area contributed by atoms with Gasteiger partial charge >= 0.3 is 0 Å².